The summed E-state index contributed by atoms with van der Waals surface area (Å²) in [5, 5.41) is 3.95. The van der Waals surface area contributed by atoms with Gasteiger partial charge in [-0.05, 0) is 62.4 Å². The number of sulfone groups is 1. The van der Waals surface area contributed by atoms with Crippen molar-refractivity contribution < 1.29 is 22.7 Å². The summed E-state index contributed by atoms with van der Waals surface area (Å²) >= 11 is 0. The van der Waals surface area contributed by atoms with Gasteiger partial charge < -0.3 is 14.3 Å². The second-order valence-corrected chi connectivity index (χ2v) is 10.8. The van der Waals surface area contributed by atoms with Crippen LogP contribution in [0.25, 0.3) is 0 Å². The van der Waals surface area contributed by atoms with E-state index in [1.165, 1.54) is 7.11 Å². The van der Waals surface area contributed by atoms with E-state index in [1.807, 2.05) is 75.4 Å². The predicted octanol–water partition coefficient (Wildman–Crippen LogP) is 5.86. The summed E-state index contributed by atoms with van der Waals surface area (Å²) in [4.78, 5) is 4.87. The zero-order valence-corrected chi connectivity index (χ0v) is 22.3. The molecule has 0 amide bonds. The highest BCUT2D eigenvalue weighted by Gasteiger charge is 2.16. The number of nitrogens with zero attached hydrogens (tertiary/aromatic N) is 1. The van der Waals surface area contributed by atoms with Crippen LogP contribution >= 0.6 is 0 Å². The number of allylic oxidation sites excluding steroid dienone is 1. The third-order valence-electron chi connectivity index (χ3n) is 5.47. The van der Waals surface area contributed by atoms with Gasteiger partial charge in [0.05, 0.1) is 23.8 Å². The molecule has 7 heteroatoms. The molecule has 0 saturated heterocycles. The molecule has 0 aliphatic carbocycles. The normalized spacial score (nSPS) is 12.2. The molecule has 192 valence electrons. The van der Waals surface area contributed by atoms with E-state index in [4.69, 9.17) is 14.3 Å². The van der Waals surface area contributed by atoms with Crippen molar-refractivity contribution in [2.45, 2.75) is 52.9 Å². The number of rotatable bonds is 16. The minimum atomic E-state index is -3.24. The van der Waals surface area contributed by atoms with Crippen molar-refractivity contribution in [3.05, 3.63) is 71.3 Å². The minimum Gasteiger partial charge on any atom is -0.493 e. The van der Waals surface area contributed by atoms with E-state index in [0.717, 1.165) is 47.5 Å². The van der Waals surface area contributed by atoms with Gasteiger partial charge in [-0.25, -0.2) is 8.42 Å². The first-order chi connectivity index (χ1) is 16.8. The number of oxime groups is 1. The summed E-state index contributed by atoms with van der Waals surface area (Å²) < 4.78 is 36.9. The maximum Gasteiger partial charge on any atom is 0.155 e. The quantitative estimate of drug-likeness (QED) is 0.125. The molecule has 0 aliphatic heterocycles. The van der Waals surface area contributed by atoms with Crippen LogP contribution in [-0.2, 0) is 21.1 Å². The lowest BCUT2D eigenvalue weighted by Gasteiger charge is -2.14. The smallest absolute Gasteiger partial charge is 0.155 e. The average Bonchev–Trinajstić information content (AvgIpc) is 2.80. The molecule has 0 N–H and O–H groups in total. The van der Waals surface area contributed by atoms with Gasteiger partial charge in [0.2, 0.25) is 0 Å². The summed E-state index contributed by atoms with van der Waals surface area (Å²) in [5.74, 6) is 1.81. The van der Waals surface area contributed by atoms with E-state index in [2.05, 4.69) is 5.16 Å². The average molecular weight is 502 g/mol. The van der Waals surface area contributed by atoms with E-state index >= 15 is 0 Å². The molecule has 35 heavy (non-hydrogen) atoms. The fourth-order valence-electron chi connectivity index (χ4n) is 3.81. The van der Waals surface area contributed by atoms with Crippen molar-refractivity contribution in [2.24, 2.45) is 5.16 Å². The molecule has 0 aliphatic rings. The third kappa shape index (κ3) is 11.0. The Morgan fingerprint density at radius 2 is 1.66 bits per heavy atom. The molecule has 0 radical (unpaired) electrons. The van der Waals surface area contributed by atoms with Crippen molar-refractivity contribution >= 4 is 15.5 Å². The fraction of sp³-hybridized carbons (Fsp3) is 0.464. The van der Waals surface area contributed by atoms with Crippen molar-refractivity contribution in [1.29, 1.82) is 0 Å². The number of ether oxygens (including phenoxy) is 2. The van der Waals surface area contributed by atoms with Crippen molar-refractivity contribution in [3.8, 4) is 11.5 Å². The summed E-state index contributed by atoms with van der Waals surface area (Å²) in [6, 6.07) is 13.7. The van der Waals surface area contributed by atoms with Crippen LogP contribution in [-0.4, -0.2) is 46.0 Å². The Morgan fingerprint density at radius 1 is 0.971 bits per heavy atom. The summed E-state index contributed by atoms with van der Waals surface area (Å²) in [6.07, 6.45) is 7.66. The topological polar surface area (TPSA) is 74.2 Å². The van der Waals surface area contributed by atoms with Gasteiger partial charge in [-0.15, -0.1) is 0 Å². The lowest BCUT2D eigenvalue weighted by atomic mass is 10.1. The number of benzene rings is 2. The van der Waals surface area contributed by atoms with Crippen LogP contribution in [0.4, 0.5) is 0 Å². The predicted molar refractivity (Wildman–Crippen MR) is 143 cm³/mol. The van der Waals surface area contributed by atoms with E-state index < -0.39 is 9.84 Å². The Morgan fingerprint density at radius 3 is 2.31 bits per heavy atom. The van der Waals surface area contributed by atoms with Gasteiger partial charge in [-0.3, -0.25) is 0 Å². The molecule has 0 bridgehead atoms. The number of hydrogen-bond donors (Lipinski definition) is 0. The summed E-state index contributed by atoms with van der Waals surface area (Å²) in [6.45, 7) is 7.17. The molecule has 0 aromatic heterocycles. The van der Waals surface area contributed by atoms with Crippen molar-refractivity contribution in [3.63, 3.8) is 0 Å². The molecule has 0 unspecified atom stereocenters. The van der Waals surface area contributed by atoms with Crippen LogP contribution < -0.4 is 9.47 Å². The highest BCUT2D eigenvalue weighted by molar-refractivity contribution is 7.92. The second kappa shape index (κ2) is 15.2. The fourth-order valence-corrected chi connectivity index (χ4v) is 5.26. The van der Waals surface area contributed by atoms with E-state index in [1.54, 1.807) is 0 Å². The Balaban J connectivity index is 1.70. The summed E-state index contributed by atoms with van der Waals surface area (Å²) in [5.41, 5.74) is 3.64. The van der Waals surface area contributed by atoms with Crippen LogP contribution in [0.3, 0.4) is 0 Å². The molecule has 2 aromatic carbocycles. The van der Waals surface area contributed by atoms with Crippen molar-refractivity contribution in [1.82, 2.24) is 0 Å². The minimum absolute atomic E-state index is 0.0775. The highest BCUT2D eigenvalue weighted by Crippen LogP contribution is 2.28. The molecule has 2 aromatic rings. The molecular formula is C28H39NO5S. The lowest BCUT2D eigenvalue weighted by Crippen LogP contribution is -2.21. The van der Waals surface area contributed by atoms with Crippen LogP contribution in [0, 0.1) is 13.8 Å². The van der Waals surface area contributed by atoms with Crippen LogP contribution in [0.2, 0.25) is 0 Å². The van der Waals surface area contributed by atoms with Crippen molar-refractivity contribution in [2.75, 3.05) is 31.8 Å². The molecule has 2 rings (SSSR count). The van der Waals surface area contributed by atoms with Gasteiger partial charge in [0, 0.05) is 6.42 Å². The highest BCUT2D eigenvalue weighted by atomic mass is 32.2. The SMILES string of the molecule is C/C=C/COc1cc(C)c(OCCCCCCS(=O)(=O)C/C(Cc2ccccc2)=N/OC)c(C)c1. The van der Waals surface area contributed by atoms with Gasteiger partial charge in [0.1, 0.15) is 25.2 Å². The number of unbranched alkanes of at least 4 members (excludes halogenated alkanes) is 3. The third-order valence-corrected chi connectivity index (χ3v) is 7.15. The first kappa shape index (κ1) is 28.4. The Bertz CT molecular complexity index is 1040. The van der Waals surface area contributed by atoms with Gasteiger partial charge >= 0.3 is 0 Å². The Hall–Kier alpha value is -2.80. The van der Waals surface area contributed by atoms with Gasteiger partial charge in [0.15, 0.2) is 9.84 Å². The molecule has 0 saturated carbocycles. The standard InChI is InChI=1S/C28H39NO5S/c1-5-6-16-33-27-19-23(2)28(24(3)20-27)34-17-12-7-8-13-18-35(30,31)22-26(29-32-4)21-25-14-10-9-11-15-25/h5-6,9-11,14-15,19-20H,7-8,12-13,16-18,21-22H2,1-4H3/b6-5+,29-26+. The van der Waals surface area contributed by atoms with E-state index in [0.29, 0.717) is 31.8 Å². The van der Waals surface area contributed by atoms with E-state index in [9.17, 15) is 8.42 Å². The first-order valence-corrected chi connectivity index (χ1v) is 14.0. The Kier molecular flexibility index (Phi) is 12.4. The lowest BCUT2D eigenvalue weighted by molar-refractivity contribution is 0.212. The van der Waals surface area contributed by atoms with Gasteiger partial charge in [0.25, 0.3) is 0 Å². The van der Waals surface area contributed by atoms with Gasteiger partial charge in [-0.1, -0.05) is 60.5 Å². The number of aryl methyl sites for hydroxylation is 2. The molecule has 0 heterocycles. The number of hydrogen-bond acceptors (Lipinski definition) is 6. The molecule has 6 nitrogen and oxygen atoms in total. The van der Waals surface area contributed by atoms with E-state index in [-0.39, 0.29) is 11.5 Å². The Labute approximate surface area is 210 Å². The maximum absolute atomic E-state index is 12.6. The monoisotopic (exact) mass is 501 g/mol. The van der Waals surface area contributed by atoms with Gasteiger partial charge in [-0.2, -0.15) is 0 Å². The molecular weight excluding hydrogens is 462 g/mol. The van der Waals surface area contributed by atoms with Crippen LogP contribution in [0.15, 0.2) is 59.8 Å². The zero-order chi connectivity index (χ0) is 25.5. The molecule has 0 spiro atoms. The van der Waals surface area contributed by atoms with Crippen LogP contribution in [0.5, 0.6) is 11.5 Å². The second-order valence-electron chi connectivity index (χ2n) is 8.62. The summed E-state index contributed by atoms with van der Waals surface area (Å²) in [7, 11) is -1.80. The first-order valence-electron chi connectivity index (χ1n) is 12.2. The van der Waals surface area contributed by atoms with Crippen LogP contribution in [0.1, 0.15) is 49.3 Å². The largest absolute Gasteiger partial charge is 0.493 e. The molecule has 0 fully saturated rings. The zero-order valence-electron chi connectivity index (χ0n) is 21.5. The molecule has 0 atom stereocenters. The maximum atomic E-state index is 12.6.